The van der Waals surface area contributed by atoms with Crippen molar-refractivity contribution >= 4 is 11.8 Å². The molecule has 6 nitrogen and oxygen atoms in total. The van der Waals surface area contributed by atoms with Gasteiger partial charge in [-0.05, 0) is 24.3 Å². The van der Waals surface area contributed by atoms with Crippen LogP contribution < -0.4 is 0 Å². The number of rotatable bonds is 5. The minimum atomic E-state index is -0.343. The Morgan fingerprint density at radius 1 is 1.12 bits per heavy atom. The third-order valence-electron chi connectivity index (χ3n) is 3.27. The van der Waals surface area contributed by atoms with E-state index in [4.69, 9.17) is 8.94 Å². The summed E-state index contributed by atoms with van der Waals surface area (Å²) < 4.78 is 24.2. The van der Waals surface area contributed by atoms with Gasteiger partial charge >= 0.3 is 0 Å². The number of furan rings is 1. The average Bonchev–Trinajstić information content (AvgIpc) is 3.34. The normalized spacial score (nSPS) is 11.0. The second kappa shape index (κ2) is 6.32. The molecule has 3 aromatic heterocycles. The van der Waals surface area contributed by atoms with E-state index in [1.165, 1.54) is 17.8 Å². The number of halogens is 1. The third kappa shape index (κ3) is 2.95. The summed E-state index contributed by atoms with van der Waals surface area (Å²) in [5.41, 5.74) is 1.13. The van der Waals surface area contributed by atoms with Gasteiger partial charge in [0.15, 0.2) is 11.6 Å². The Labute approximate surface area is 140 Å². The fourth-order valence-corrected chi connectivity index (χ4v) is 2.82. The highest BCUT2D eigenvalue weighted by Gasteiger charge is 2.12. The van der Waals surface area contributed by atoms with Crippen molar-refractivity contribution in [2.75, 3.05) is 0 Å². The molecule has 0 bridgehead atoms. The number of nitrogens with zero attached hydrogens (tertiary/aromatic N) is 3. The first kappa shape index (κ1) is 14.7. The summed E-state index contributed by atoms with van der Waals surface area (Å²) in [6.45, 7) is 0. The lowest BCUT2D eigenvalue weighted by molar-refractivity contribution is 0.413. The summed E-state index contributed by atoms with van der Waals surface area (Å²) in [4.78, 5) is 4.29. The van der Waals surface area contributed by atoms with E-state index >= 15 is 0 Å². The van der Waals surface area contributed by atoms with Crippen molar-refractivity contribution in [1.29, 1.82) is 0 Å². The molecule has 0 saturated carbocycles. The van der Waals surface area contributed by atoms with Crippen LogP contribution in [0.1, 0.15) is 5.69 Å². The van der Waals surface area contributed by atoms with Crippen LogP contribution in [0.3, 0.4) is 0 Å². The number of hydrogen-bond acceptors (Lipinski definition) is 6. The molecule has 0 aliphatic heterocycles. The molecule has 0 aliphatic rings. The lowest BCUT2D eigenvalue weighted by Crippen LogP contribution is -1.85. The summed E-state index contributed by atoms with van der Waals surface area (Å²) in [6.07, 6.45) is 1.57. The summed E-state index contributed by atoms with van der Waals surface area (Å²) in [5.74, 6) is 1.77. The molecule has 4 rings (SSSR count). The Kier molecular flexibility index (Phi) is 3.87. The first-order chi connectivity index (χ1) is 11.8. The van der Waals surface area contributed by atoms with E-state index in [0.717, 1.165) is 5.69 Å². The second-order valence-corrected chi connectivity index (χ2v) is 5.84. The highest BCUT2D eigenvalue weighted by molar-refractivity contribution is 7.98. The van der Waals surface area contributed by atoms with Crippen molar-refractivity contribution in [2.45, 2.75) is 10.9 Å². The van der Waals surface area contributed by atoms with Gasteiger partial charge in [-0.15, -0.1) is 5.10 Å². The zero-order valence-corrected chi connectivity index (χ0v) is 13.1. The highest BCUT2D eigenvalue weighted by Crippen LogP contribution is 2.26. The van der Waals surface area contributed by atoms with Crippen molar-refractivity contribution in [2.24, 2.45) is 0 Å². The van der Waals surface area contributed by atoms with Crippen molar-refractivity contribution in [1.82, 2.24) is 20.3 Å². The number of aromatic nitrogens is 4. The van der Waals surface area contributed by atoms with Gasteiger partial charge in [-0.25, -0.2) is 9.37 Å². The molecular weight excluding hydrogens is 331 g/mol. The van der Waals surface area contributed by atoms with Gasteiger partial charge in [0.2, 0.25) is 10.9 Å². The maximum atomic E-state index is 13.7. The maximum Gasteiger partial charge on any atom is 0.209 e. The highest BCUT2D eigenvalue weighted by atomic mass is 32.2. The van der Waals surface area contributed by atoms with Crippen LogP contribution in [0.2, 0.25) is 0 Å². The van der Waals surface area contributed by atoms with Crippen LogP contribution in [-0.4, -0.2) is 20.3 Å². The molecule has 0 radical (unpaired) electrons. The van der Waals surface area contributed by atoms with Crippen LogP contribution in [0, 0.1) is 5.82 Å². The molecule has 0 spiro atoms. The molecule has 1 aromatic carbocycles. The van der Waals surface area contributed by atoms with Crippen molar-refractivity contribution < 1.29 is 13.3 Å². The quantitative estimate of drug-likeness (QED) is 0.549. The predicted molar refractivity (Wildman–Crippen MR) is 85.5 cm³/mol. The van der Waals surface area contributed by atoms with Gasteiger partial charge < -0.3 is 8.94 Å². The van der Waals surface area contributed by atoms with E-state index in [1.807, 2.05) is 0 Å². The Hall–Kier alpha value is -2.87. The fourth-order valence-electron chi connectivity index (χ4n) is 2.14. The smallest absolute Gasteiger partial charge is 0.209 e. The van der Waals surface area contributed by atoms with Crippen LogP contribution in [0.4, 0.5) is 4.39 Å². The number of H-pyrrole nitrogens is 1. The number of thioether (sulfide) groups is 1. The number of aromatic amines is 1. The molecule has 24 heavy (non-hydrogen) atoms. The van der Waals surface area contributed by atoms with E-state index in [1.54, 1.807) is 42.7 Å². The van der Waals surface area contributed by atoms with E-state index in [2.05, 4.69) is 20.3 Å². The van der Waals surface area contributed by atoms with Crippen LogP contribution in [-0.2, 0) is 5.75 Å². The second-order valence-electron chi connectivity index (χ2n) is 4.89. The minimum absolute atomic E-state index is 0.343. The van der Waals surface area contributed by atoms with Gasteiger partial charge in [0.1, 0.15) is 5.82 Å². The molecule has 4 aromatic rings. The molecule has 0 saturated heterocycles. The first-order valence-corrected chi connectivity index (χ1v) is 8.08. The van der Waals surface area contributed by atoms with E-state index < -0.39 is 0 Å². The Morgan fingerprint density at radius 3 is 2.88 bits per heavy atom. The van der Waals surface area contributed by atoms with Gasteiger partial charge in [0.25, 0.3) is 0 Å². The molecule has 8 heteroatoms. The summed E-state index contributed by atoms with van der Waals surface area (Å²) in [5, 5.41) is 11.3. The molecule has 3 heterocycles. The van der Waals surface area contributed by atoms with Crippen molar-refractivity contribution in [3.63, 3.8) is 0 Å². The average molecular weight is 342 g/mol. The zero-order chi connectivity index (χ0) is 16.4. The zero-order valence-electron chi connectivity index (χ0n) is 12.3. The molecule has 0 fully saturated rings. The topological polar surface area (TPSA) is 80.7 Å². The standard InChI is InChI=1S/C16H11FN4O2S/c17-12-5-2-1-4-11(12)15-18-16(20-19-15)24-9-10-8-14(23-21-10)13-6-3-7-22-13/h1-8H,9H2,(H,18,19,20). The number of nitrogens with one attached hydrogen (secondary N) is 1. The molecule has 1 N–H and O–H groups in total. The monoisotopic (exact) mass is 342 g/mol. The molecular formula is C16H11FN4O2S. The van der Waals surface area contributed by atoms with Crippen molar-refractivity contribution in [3.8, 4) is 22.9 Å². The van der Waals surface area contributed by atoms with E-state index in [0.29, 0.717) is 33.8 Å². The Morgan fingerprint density at radius 2 is 2.04 bits per heavy atom. The van der Waals surface area contributed by atoms with Gasteiger partial charge in [-0.2, -0.15) is 0 Å². The van der Waals surface area contributed by atoms with Gasteiger partial charge in [-0.3, -0.25) is 5.10 Å². The van der Waals surface area contributed by atoms with E-state index in [9.17, 15) is 4.39 Å². The lowest BCUT2D eigenvalue weighted by Gasteiger charge is -1.96. The summed E-state index contributed by atoms with van der Waals surface area (Å²) >= 11 is 1.38. The minimum Gasteiger partial charge on any atom is -0.461 e. The Bertz CT molecular complexity index is 949. The van der Waals surface area contributed by atoms with Gasteiger partial charge in [0.05, 0.1) is 17.5 Å². The van der Waals surface area contributed by atoms with Gasteiger partial charge in [0, 0.05) is 11.8 Å². The summed E-state index contributed by atoms with van der Waals surface area (Å²) in [7, 11) is 0. The van der Waals surface area contributed by atoms with Crippen LogP contribution in [0.15, 0.2) is 62.8 Å². The molecule has 0 aliphatic carbocycles. The fraction of sp³-hybridized carbons (Fsp3) is 0.0625. The van der Waals surface area contributed by atoms with E-state index in [-0.39, 0.29) is 5.82 Å². The molecule has 0 unspecified atom stereocenters. The van der Waals surface area contributed by atoms with Crippen LogP contribution >= 0.6 is 11.8 Å². The largest absolute Gasteiger partial charge is 0.461 e. The molecule has 0 amide bonds. The molecule has 0 atom stereocenters. The first-order valence-electron chi connectivity index (χ1n) is 7.09. The molecule has 120 valence electrons. The summed E-state index contributed by atoms with van der Waals surface area (Å²) in [6, 6.07) is 11.8. The lowest BCUT2D eigenvalue weighted by atomic mass is 10.2. The van der Waals surface area contributed by atoms with Crippen LogP contribution in [0.5, 0.6) is 0 Å². The number of hydrogen-bond donors (Lipinski definition) is 1. The third-order valence-corrected chi connectivity index (χ3v) is 4.15. The van der Waals surface area contributed by atoms with Gasteiger partial charge in [-0.1, -0.05) is 29.1 Å². The number of benzene rings is 1. The maximum absolute atomic E-state index is 13.7. The van der Waals surface area contributed by atoms with Crippen molar-refractivity contribution in [3.05, 3.63) is 60.2 Å². The Balaban J connectivity index is 1.45. The van der Waals surface area contributed by atoms with Crippen LogP contribution in [0.25, 0.3) is 22.9 Å². The SMILES string of the molecule is Fc1ccccc1-c1nc(SCc2cc(-c3ccco3)on2)n[nH]1. The predicted octanol–water partition coefficient (Wildman–Crippen LogP) is 4.15.